The van der Waals surface area contributed by atoms with Crippen LogP contribution < -0.4 is 23.8 Å². The maximum Gasteiger partial charge on any atom is 0.264 e. The predicted octanol–water partition coefficient (Wildman–Crippen LogP) is 3.95. The number of benzene rings is 3. The molecule has 1 amide bonds. The van der Waals surface area contributed by atoms with E-state index >= 15 is 0 Å². The first-order chi connectivity index (χ1) is 15.9. The van der Waals surface area contributed by atoms with Crippen molar-refractivity contribution in [2.75, 3.05) is 36.5 Å². The van der Waals surface area contributed by atoms with Crippen LogP contribution in [0.1, 0.15) is 0 Å². The smallest absolute Gasteiger partial charge is 0.264 e. The van der Waals surface area contributed by atoms with E-state index in [0.717, 1.165) is 4.31 Å². The molecule has 0 fully saturated rings. The van der Waals surface area contributed by atoms with E-state index in [0.29, 0.717) is 41.2 Å². The fourth-order valence-electron chi connectivity index (χ4n) is 3.27. The van der Waals surface area contributed by atoms with Crippen LogP contribution in [0.15, 0.2) is 71.6 Å². The first-order valence-corrected chi connectivity index (χ1v) is 11.8. The molecule has 3 aromatic carbocycles. The minimum atomic E-state index is -4.08. The summed E-state index contributed by atoms with van der Waals surface area (Å²) in [5, 5.41) is 3.06. The topological polar surface area (TPSA) is 94.2 Å². The van der Waals surface area contributed by atoms with Gasteiger partial charge in [-0.05, 0) is 54.6 Å². The molecule has 1 aliphatic rings. The number of fused-ring (bicyclic) bond motifs is 1. The van der Waals surface area contributed by atoms with Crippen molar-refractivity contribution < 1.29 is 27.4 Å². The Morgan fingerprint density at radius 2 is 1.76 bits per heavy atom. The number of halogens is 1. The maximum atomic E-state index is 13.4. The van der Waals surface area contributed by atoms with E-state index in [4.69, 9.17) is 25.8 Å². The zero-order valence-electron chi connectivity index (χ0n) is 17.7. The van der Waals surface area contributed by atoms with Gasteiger partial charge in [0.2, 0.25) is 5.91 Å². The van der Waals surface area contributed by atoms with Crippen LogP contribution in [0.2, 0.25) is 5.02 Å². The summed E-state index contributed by atoms with van der Waals surface area (Å²) < 4.78 is 44.0. The van der Waals surface area contributed by atoms with Gasteiger partial charge in [0, 0.05) is 16.8 Å². The summed E-state index contributed by atoms with van der Waals surface area (Å²) in [6, 6.07) is 17.2. The van der Waals surface area contributed by atoms with E-state index in [2.05, 4.69) is 5.32 Å². The number of methoxy groups -OCH3 is 1. The summed E-state index contributed by atoms with van der Waals surface area (Å²) in [7, 11) is -2.59. The van der Waals surface area contributed by atoms with Crippen LogP contribution in [-0.2, 0) is 14.8 Å². The lowest BCUT2D eigenvalue weighted by molar-refractivity contribution is -0.114. The fraction of sp³-hybridized carbons (Fsp3) is 0.174. The van der Waals surface area contributed by atoms with Crippen LogP contribution >= 0.6 is 11.6 Å². The Kier molecular flexibility index (Phi) is 6.62. The van der Waals surface area contributed by atoms with Gasteiger partial charge in [-0.2, -0.15) is 0 Å². The predicted molar refractivity (Wildman–Crippen MR) is 125 cm³/mol. The molecule has 1 N–H and O–H groups in total. The molecule has 8 nitrogen and oxygen atoms in total. The van der Waals surface area contributed by atoms with Gasteiger partial charge in [0.1, 0.15) is 25.5 Å². The zero-order chi connectivity index (χ0) is 23.4. The van der Waals surface area contributed by atoms with Crippen LogP contribution in [0, 0.1) is 0 Å². The third kappa shape index (κ3) is 5.15. The molecule has 0 spiro atoms. The number of carbonyl (C=O) groups is 1. The Labute approximate surface area is 196 Å². The summed E-state index contributed by atoms with van der Waals surface area (Å²) >= 11 is 6.09. The third-order valence-electron chi connectivity index (χ3n) is 4.86. The minimum Gasteiger partial charge on any atom is -0.497 e. The molecule has 0 aliphatic carbocycles. The molecule has 4 rings (SSSR count). The monoisotopic (exact) mass is 488 g/mol. The highest BCUT2D eigenvalue weighted by molar-refractivity contribution is 7.92. The van der Waals surface area contributed by atoms with E-state index in [1.165, 1.54) is 37.4 Å². The van der Waals surface area contributed by atoms with Gasteiger partial charge in [-0.3, -0.25) is 9.10 Å². The van der Waals surface area contributed by atoms with Crippen LogP contribution in [-0.4, -0.2) is 41.2 Å². The molecule has 0 atom stereocenters. The Bertz CT molecular complexity index is 1260. The second kappa shape index (κ2) is 9.60. The van der Waals surface area contributed by atoms with E-state index in [1.54, 1.807) is 36.4 Å². The highest BCUT2D eigenvalue weighted by atomic mass is 35.5. The first-order valence-electron chi connectivity index (χ1n) is 9.99. The number of amides is 1. The average molecular weight is 489 g/mol. The van der Waals surface area contributed by atoms with Crippen LogP contribution in [0.25, 0.3) is 0 Å². The molecule has 0 saturated carbocycles. The lowest BCUT2D eigenvalue weighted by Crippen LogP contribution is -2.38. The number of sulfonamides is 1. The number of ether oxygens (including phenoxy) is 3. The van der Waals surface area contributed by atoms with Gasteiger partial charge in [0.05, 0.1) is 17.7 Å². The van der Waals surface area contributed by atoms with Crippen molar-refractivity contribution in [1.82, 2.24) is 0 Å². The number of hydrogen-bond acceptors (Lipinski definition) is 6. The Morgan fingerprint density at radius 3 is 2.45 bits per heavy atom. The molecular weight excluding hydrogens is 468 g/mol. The molecule has 0 radical (unpaired) electrons. The molecule has 10 heteroatoms. The molecule has 172 valence electrons. The second-order valence-electron chi connectivity index (χ2n) is 7.07. The first kappa shape index (κ1) is 22.8. The fourth-order valence-corrected chi connectivity index (χ4v) is 4.87. The molecule has 0 saturated heterocycles. The van der Waals surface area contributed by atoms with Crippen molar-refractivity contribution >= 4 is 38.9 Å². The summed E-state index contributed by atoms with van der Waals surface area (Å²) in [5.41, 5.74) is 0.716. The van der Waals surface area contributed by atoms with Gasteiger partial charge >= 0.3 is 0 Å². The molecule has 0 aromatic heterocycles. The zero-order valence-corrected chi connectivity index (χ0v) is 19.2. The number of rotatable bonds is 7. The van der Waals surface area contributed by atoms with Crippen molar-refractivity contribution in [3.8, 4) is 17.2 Å². The van der Waals surface area contributed by atoms with E-state index in [1.807, 2.05) is 0 Å². The molecular formula is C23H21ClN2O6S. The van der Waals surface area contributed by atoms with Gasteiger partial charge in [0.25, 0.3) is 10.0 Å². The largest absolute Gasteiger partial charge is 0.497 e. The standard InChI is InChI=1S/C23H21ClN2O6S/c1-30-19-6-8-20(9-7-19)33(28,29)26(18-4-2-3-16(24)13-18)15-23(27)25-17-5-10-21-22(14-17)32-12-11-31-21/h2-10,13-14H,11-12,15H2,1H3,(H,25,27). The molecule has 3 aromatic rings. The minimum absolute atomic E-state index is 0.00963. The Balaban J connectivity index is 1.61. The number of nitrogens with zero attached hydrogens (tertiary/aromatic N) is 1. The third-order valence-corrected chi connectivity index (χ3v) is 6.88. The molecule has 1 aliphatic heterocycles. The van der Waals surface area contributed by atoms with E-state index in [-0.39, 0.29) is 10.6 Å². The van der Waals surface area contributed by atoms with Crippen LogP contribution in [0.5, 0.6) is 17.2 Å². The maximum absolute atomic E-state index is 13.4. The van der Waals surface area contributed by atoms with Gasteiger partial charge in [-0.15, -0.1) is 0 Å². The van der Waals surface area contributed by atoms with Gasteiger partial charge in [-0.25, -0.2) is 8.42 Å². The number of carbonyl (C=O) groups excluding carboxylic acids is 1. The summed E-state index contributed by atoms with van der Waals surface area (Å²) in [4.78, 5) is 12.9. The number of hydrogen-bond donors (Lipinski definition) is 1. The molecule has 0 bridgehead atoms. The highest BCUT2D eigenvalue weighted by Crippen LogP contribution is 2.33. The van der Waals surface area contributed by atoms with Crippen molar-refractivity contribution in [1.29, 1.82) is 0 Å². The lowest BCUT2D eigenvalue weighted by Gasteiger charge is -2.24. The molecule has 0 unspecified atom stereocenters. The van der Waals surface area contributed by atoms with Crippen LogP contribution in [0.3, 0.4) is 0 Å². The van der Waals surface area contributed by atoms with Crippen molar-refractivity contribution in [3.05, 3.63) is 71.8 Å². The normalized spacial score (nSPS) is 12.7. The van der Waals surface area contributed by atoms with Crippen molar-refractivity contribution in [2.24, 2.45) is 0 Å². The van der Waals surface area contributed by atoms with Gasteiger partial charge in [-0.1, -0.05) is 17.7 Å². The Hall–Kier alpha value is -3.43. The summed E-state index contributed by atoms with van der Waals surface area (Å²) in [5.74, 6) is 1.07. The average Bonchev–Trinajstić information content (AvgIpc) is 2.82. The second-order valence-corrected chi connectivity index (χ2v) is 9.37. The van der Waals surface area contributed by atoms with Crippen molar-refractivity contribution in [3.63, 3.8) is 0 Å². The van der Waals surface area contributed by atoms with E-state index < -0.39 is 22.5 Å². The molecule has 33 heavy (non-hydrogen) atoms. The SMILES string of the molecule is COc1ccc(S(=O)(=O)N(CC(=O)Nc2ccc3c(c2)OCCO3)c2cccc(Cl)c2)cc1. The quantitative estimate of drug-likeness (QED) is 0.541. The van der Waals surface area contributed by atoms with Crippen LogP contribution in [0.4, 0.5) is 11.4 Å². The summed E-state index contributed by atoms with van der Waals surface area (Å²) in [6.45, 7) is 0.396. The molecule has 1 heterocycles. The summed E-state index contributed by atoms with van der Waals surface area (Å²) in [6.07, 6.45) is 0. The lowest BCUT2D eigenvalue weighted by atomic mass is 10.2. The number of anilines is 2. The highest BCUT2D eigenvalue weighted by Gasteiger charge is 2.28. The number of nitrogens with one attached hydrogen (secondary N) is 1. The Morgan fingerprint density at radius 1 is 1.03 bits per heavy atom. The van der Waals surface area contributed by atoms with E-state index in [9.17, 15) is 13.2 Å². The van der Waals surface area contributed by atoms with Crippen molar-refractivity contribution in [2.45, 2.75) is 4.90 Å². The van der Waals surface area contributed by atoms with Gasteiger partial charge < -0.3 is 19.5 Å². The van der Waals surface area contributed by atoms with Gasteiger partial charge in [0.15, 0.2) is 11.5 Å².